The molecule has 0 spiro atoms. The summed E-state index contributed by atoms with van der Waals surface area (Å²) in [5.74, 6) is -2.77. The Morgan fingerprint density at radius 3 is 1.44 bits per heavy atom. The molecule has 0 aliphatic carbocycles. The largest absolute Gasteiger partial charge is 0.326 e. The number of benzene rings is 4. The molecule has 2 heterocycles. The van der Waals surface area contributed by atoms with E-state index in [1.807, 2.05) is 0 Å². The van der Waals surface area contributed by atoms with Gasteiger partial charge in [0.2, 0.25) is 23.6 Å². The molecule has 2 aromatic heterocycles. The van der Waals surface area contributed by atoms with Crippen LogP contribution in [0, 0.1) is 17.5 Å². The van der Waals surface area contributed by atoms with Crippen LogP contribution in [-0.2, 0) is 32.0 Å². The molecule has 6 aromatic rings. The van der Waals surface area contributed by atoms with E-state index in [1.165, 1.54) is 93.0 Å². The standard InChI is InChI=1S/C21H16ClF2N3O2.C21H17ClFN3O2/c1-13(28)27(19-5-3-2-4-18(19)24)20-12-16(8-9-25-20)26-21(29)10-14-6-7-15(23)11-17(14)22;1-14(27)26(19-9-5-4-8-18(19)23)20-13-16(10-11-24-20)25-21(28)12-15-6-2-3-7-17(15)22/h2-9,11-12H,10H2,1H3,(H,25,26,29);2-11,13H,12H2,1H3,(H,24,25,28). The molecule has 4 aromatic carbocycles. The lowest BCUT2D eigenvalue weighted by atomic mass is 10.1. The normalized spacial score (nSPS) is 10.4. The van der Waals surface area contributed by atoms with Gasteiger partial charge >= 0.3 is 0 Å². The van der Waals surface area contributed by atoms with Gasteiger partial charge in [0.05, 0.1) is 24.2 Å². The number of hydrogen-bond acceptors (Lipinski definition) is 6. The van der Waals surface area contributed by atoms with Gasteiger partial charge in [0.1, 0.15) is 29.1 Å². The summed E-state index contributed by atoms with van der Waals surface area (Å²) in [5.41, 5.74) is 2.10. The van der Waals surface area contributed by atoms with Crippen LogP contribution in [0.1, 0.15) is 25.0 Å². The quantitative estimate of drug-likeness (QED) is 0.142. The van der Waals surface area contributed by atoms with Gasteiger partial charge in [-0.3, -0.25) is 29.0 Å². The lowest BCUT2D eigenvalue weighted by Crippen LogP contribution is -2.25. The van der Waals surface area contributed by atoms with Gasteiger partial charge < -0.3 is 10.6 Å². The highest BCUT2D eigenvalue weighted by Crippen LogP contribution is 2.30. The summed E-state index contributed by atoms with van der Waals surface area (Å²) >= 11 is 12.0. The van der Waals surface area contributed by atoms with Gasteiger partial charge in [-0.2, -0.15) is 0 Å². The first kappa shape index (κ1) is 41.6. The zero-order valence-corrected chi connectivity index (χ0v) is 31.9. The van der Waals surface area contributed by atoms with Crippen LogP contribution >= 0.6 is 23.2 Å². The van der Waals surface area contributed by atoms with Gasteiger partial charge in [-0.15, -0.1) is 0 Å². The smallest absolute Gasteiger partial charge is 0.229 e. The van der Waals surface area contributed by atoms with Crippen LogP contribution in [0.25, 0.3) is 0 Å². The molecular formula is C42H33Cl2F3N6O4. The molecule has 2 N–H and O–H groups in total. The van der Waals surface area contributed by atoms with Crippen LogP contribution in [0.3, 0.4) is 0 Å². The third-order valence-corrected chi connectivity index (χ3v) is 8.73. The monoisotopic (exact) mass is 812 g/mol. The third kappa shape index (κ3) is 11.2. The molecule has 0 fully saturated rings. The Morgan fingerprint density at radius 2 is 1.00 bits per heavy atom. The fourth-order valence-electron chi connectivity index (χ4n) is 5.47. The minimum atomic E-state index is -0.579. The molecule has 0 saturated carbocycles. The van der Waals surface area contributed by atoms with Crippen LogP contribution in [0.15, 0.2) is 128 Å². The van der Waals surface area contributed by atoms with Gasteiger partial charge in [-0.25, -0.2) is 23.1 Å². The topological polar surface area (TPSA) is 125 Å². The molecule has 57 heavy (non-hydrogen) atoms. The molecule has 10 nitrogen and oxygen atoms in total. The van der Waals surface area contributed by atoms with Crippen LogP contribution < -0.4 is 20.4 Å². The molecule has 0 radical (unpaired) electrons. The average molecular weight is 814 g/mol. The number of nitrogens with zero attached hydrogens (tertiary/aromatic N) is 4. The van der Waals surface area contributed by atoms with Gasteiger partial charge in [0, 0.05) is 59.8 Å². The van der Waals surface area contributed by atoms with Crippen molar-refractivity contribution >= 4 is 81.2 Å². The highest BCUT2D eigenvalue weighted by atomic mass is 35.5. The second-order valence-electron chi connectivity index (χ2n) is 12.2. The maximum atomic E-state index is 14.2. The van der Waals surface area contributed by atoms with Crippen molar-refractivity contribution in [3.8, 4) is 0 Å². The second-order valence-corrected chi connectivity index (χ2v) is 13.0. The Hall–Kier alpha value is -6.57. The van der Waals surface area contributed by atoms with Crippen molar-refractivity contribution < 1.29 is 32.3 Å². The summed E-state index contributed by atoms with van der Waals surface area (Å²) < 4.78 is 41.5. The van der Waals surface area contributed by atoms with E-state index in [-0.39, 0.29) is 46.8 Å². The van der Waals surface area contributed by atoms with Crippen LogP contribution in [0.2, 0.25) is 10.0 Å². The number of pyridine rings is 2. The molecule has 15 heteroatoms. The van der Waals surface area contributed by atoms with E-state index < -0.39 is 35.2 Å². The number of para-hydroxylation sites is 2. The molecule has 0 unspecified atom stereocenters. The molecule has 290 valence electrons. The maximum Gasteiger partial charge on any atom is 0.229 e. The fourth-order valence-corrected chi connectivity index (χ4v) is 5.91. The summed E-state index contributed by atoms with van der Waals surface area (Å²) in [5, 5.41) is 6.08. The Balaban J connectivity index is 0.000000218. The van der Waals surface area contributed by atoms with E-state index in [0.717, 1.165) is 15.9 Å². The van der Waals surface area contributed by atoms with Crippen LogP contribution in [-0.4, -0.2) is 33.6 Å². The average Bonchev–Trinajstić information content (AvgIpc) is 3.16. The first-order valence-corrected chi connectivity index (χ1v) is 17.9. The van der Waals surface area contributed by atoms with Crippen molar-refractivity contribution in [2.75, 3.05) is 20.4 Å². The lowest BCUT2D eigenvalue weighted by Gasteiger charge is -2.21. The minimum Gasteiger partial charge on any atom is -0.326 e. The van der Waals surface area contributed by atoms with Gasteiger partial charge in [-0.05, 0) is 65.7 Å². The van der Waals surface area contributed by atoms with Crippen molar-refractivity contribution in [1.82, 2.24) is 9.97 Å². The summed E-state index contributed by atoms with van der Waals surface area (Å²) in [6.07, 6.45) is 2.87. The number of anilines is 6. The van der Waals surface area contributed by atoms with E-state index in [2.05, 4.69) is 20.6 Å². The number of halogens is 5. The van der Waals surface area contributed by atoms with Crippen molar-refractivity contribution in [3.05, 3.63) is 166 Å². The predicted molar refractivity (Wildman–Crippen MR) is 214 cm³/mol. The molecule has 0 atom stereocenters. The van der Waals surface area contributed by atoms with E-state index >= 15 is 0 Å². The van der Waals surface area contributed by atoms with Crippen LogP contribution in [0.4, 0.5) is 47.6 Å². The van der Waals surface area contributed by atoms with Gasteiger partial charge in [0.15, 0.2) is 0 Å². The number of carbonyl (C=O) groups is 4. The maximum absolute atomic E-state index is 14.2. The summed E-state index contributed by atoms with van der Waals surface area (Å²) in [6, 6.07) is 28.7. The van der Waals surface area contributed by atoms with E-state index in [4.69, 9.17) is 23.2 Å². The Labute approximate surface area is 335 Å². The molecule has 0 saturated heterocycles. The predicted octanol–water partition coefficient (Wildman–Crippen LogP) is 9.62. The number of aromatic nitrogens is 2. The second kappa shape index (κ2) is 19.3. The number of carbonyl (C=O) groups excluding carboxylic acids is 4. The summed E-state index contributed by atoms with van der Waals surface area (Å²) in [7, 11) is 0. The third-order valence-electron chi connectivity index (χ3n) is 8.01. The molecule has 4 amide bonds. The SMILES string of the molecule is CC(=O)N(c1cc(NC(=O)Cc2ccc(F)cc2Cl)ccn1)c1ccccc1F.CC(=O)N(c1cc(NC(=O)Cc2ccccc2Cl)ccn1)c1ccccc1F. The minimum absolute atomic E-state index is 0.0501. The molecule has 0 aliphatic rings. The number of amides is 4. The first-order chi connectivity index (χ1) is 27.3. The van der Waals surface area contributed by atoms with Crippen molar-refractivity contribution in [3.63, 3.8) is 0 Å². The fraction of sp³-hybridized carbons (Fsp3) is 0.0952. The number of nitrogens with one attached hydrogen (secondary N) is 2. The Bertz CT molecular complexity index is 2440. The van der Waals surface area contributed by atoms with E-state index in [1.54, 1.807) is 42.5 Å². The first-order valence-electron chi connectivity index (χ1n) is 17.1. The zero-order valence-electron chi connectivity index (χ0n) is 30.4. The van der Waals surface area contributed by atoms with Gasteiger partial charge in [0.25, 0.3) is 0 Å². The summed E-state index contributed by atoms with van der Waals surface area (Å²) in [4.78, 5) is 59.5. The highest BCUT2D eigenvalue weighted by molar-refractivity contribution is 6.32. The summed E-state index contributed by atoms with van der Waals surface area (Å²) in [6.45, 7) is 2.60. The van der Waals surface area contributed by atoms with Crippen molar-refractivity contribution in [2.45, 2.75) is 26.7 Å². The molecule has 0 bridgehead atoms. The number of hydrogen-bond donors (Lipinski definition) is 2. The van der Waals surface area contributed by atoms with Crippen molar-refractivity contribution in [2.24, 2.45) is 0 Å². The Kier molecular flexibility index (Phi) is 14.1. The lowest BCUT2D eigenvalue weighted by molar-refractivity contribution is -0.116. The van der Waals surface area contributed by atoms with E-state index in [9.17, 15) is 32.3 Å². The zero-order chi connectivity index (χ0) is 41.1. The van der Waals surface area contributed by atoms with E-state index in [0.29, 0.717) is 27.5 Å². The number of rotatable bonds is 10. The van der Waals surface area contributed by atoms with Crippen LogP contribution in [0.5, 0.6) is 0 Å². The molecular weight excluding hydrogens is 780 g/mol. The van der Waals surface area contributed by atoms with Crippen molar-refractivity contribution in [1.29, 1.82) is 0 Å². The molecule has 0 aliphatic heterocycles. The Morgan fingerprint density at radius 1 is 0.561 bits per heavy atom. The highest BCUT2D eigenvalue weighted by Gasteiger charge is 2.21. The molecule has 6 rings (SSSR count). The van der Waals surface area contributed by atoms with Gasteiger partial charge in [-0.1, -0.05) is 71.7 Å².